The van der Waals surface area contributed by atoms with Crippen molar-refractivity contribution < 1.29 is 0 Å². The van der Waals surface area contributed by atoms with Crippen LogP contribution in [0.3, 0.4) is 0 Å². The van der Waals surface area contributed by atoms with Gasteiger partial charge in [-0.05, 0) is 36.5 Å². The van der Waals surface area contributed by atoms with Crippen molar-refractivity contribution in [3.63, 3.8) is 0 Å². The van der Waals surface area contributed by atoms with E-state index in [0.717, 1.165) is 5.69 Å². The van der Waals surface area contributed by atoms with Gasteiger partial charge in [0.2, 0.25) is 0 Å². The number of nitrogens with two attached hydrogens (primary N) is 2. The van der Waals surface area contributed by atoms with E-state index in [2.05, 4.69) is 0 Å². The summed E-state index contributed by atoms with van der Waals surface area (Å²) < 4.78 is 0. The lowest BCUT2D eigenvalue weighted by molar-refractivity contribution is 0.264. The minimum atomic E-state index is 0.217. The first kappa shape index (κ1) is 8.57. The van der Waals surface area contributed by atoms with Gasteiger partial charge >= 0.3 is 0 Å². The molecule has 70 valence electrons. The van der Waals surface area contributed by atoms with Crippen LogP contribution in [0.25, 0.3) is 0 Å². The van der Waals surface area contributed by atoms with Gasteiger partial charge in [-0.3, -0.25) is 0 Å². The largest absolute Gasteiger partial charge is 0.399 e. The molecule has 1 fully saturated rings. The molecule has 0 radical (unpaired) electrons. The van der Waals surface area contributed by atoms with Gasteiger partial charge in [0.05, 0.1) is 0 Å². The fourth-order valence-electron chi connectivity index (χ4n) is 1.79. The smallest absolute Gasteiger partial charge is 0.0323 e. The van der Waals surface area contributed by atoms with Crippen molar-refractivity contribution >= 4 is 5.69 Å². The Bertz CT molecular complexity index is 275. The van der Waals surface area contributed by atoms with Gasteiger partial charge in [0.15, 0.2) is 0 Å². The van der Waals surface area contributed by atoms with E-state index in [4.69, 9.17) is 11.5 Å². The van der Waals surface area contributed by atoms with Gasteiger partial charge in [0, 0.05) is 11.7 Å². The van der Waals surface area contributed by atoms with Crippen molar-refractivity contribution in [1.29, 1.82) is 0 Å². The van der Waals surface area contributed by atoms with Crippen LogP contribution in [0.5, 0.6) is 0 Å². The minimum Gasteiger partial charge on any atom is -0.399 e. The number of benzene rings is 1. The summed E-state index contributed by atoms with van der Waals surface area (Å²) in [4.78, 5) is 0. The minimum absolute atomic E-state index is 0.217. The SMILES string of the molecule is Nc1ccc([C@H](N)C2CCC2)cc1. The van der Waals surface area contributed by atoms with Gasteiger partial charge in [-0.15, -0.1) is 0 Å². The highest BCUT2D eigenvalue weighted by Crippen LogP contribution is 2.36. The van der Waals surface area contributed by atoms with Gasteiger partial charge in [0.25, 0.3) is 0 Å². The van der Waals surface area contributed by atoms with Crippen molar-refractivity contribution in [3.05, 3.63) is 29.8 Å². The van der Waals surface area contributed by atoms with Gasteiger partial charge in [-0.25, -0.2) is 0 Å². The van der Waals surface area contributed by atoms with Gasteiger partial charge in [-0.1, -0.05) is 18.6 Å². The van der Waals surface area contributed by atoms with E-state index in [9.17, 15) is 0 Å². The fraction of sp³-hybridized carbons (Fsp3) is 0.455. The second-order valence-corrected chi connectivity index (χ2v) is 3.88. The van der Waals surface area contributed by atoms with Crippen LogP contribution in [0.2, 0.25) is 0 Å². The van der Waals surface area contributed by atoms with E-state index in [-0.39, 0.29) is 6.04 Å². The molecule has 2 heteroatoms. The molecular formula is C11H16N2. The molecule has 0 heterocycles. The first-order valence-corrected chi connectivity index (χ1v) is 4.88. The standard InChI is InChI=1S/C11H16N2/c12-10-6-4-9(5-7-10)11(13)8-2-1-3-8/h4-8,11H,1-3,12-13H2/t11-/m1/s1. The molecule has 1 aromatic rings. The molecule has 0 spiro atoms. The molecule has 0 unspecified atom stereocenters. The van der Waals surface area contributed by atoms with E-state index >= 15 is 0 Å². The second kappa shape index (κ2) is 3.38. The average Bonchev–Trinajstić information content (AvgIpc) is 2.02. The van der Waals surface area contributed by atoms with Crippen LogP contribution < -0.4 is 11.5 Å². The summed E-state index contributed by atoms with van der Waals surface area (Å²) >= 11 is 0. The molecule has 2 rings (SSSR count). The van der Waals surface area contributed by atoms with Gasteiger partial charge in [-0.2, -0.15) is 0 Å². The van der Waals surface area contributed by atoms with Gasteiger partial charge in [0.1, 0.15) is 0 Å². The summed E-state index contributed by atoms with van der Waals surface area (Å²) in [5.41, 5.74) is 13.7. The molecule has 0 amide bonds. The Kier molecular flexibility index (Phi) is 2.23. The molecule has 4 N–H and O–H groups in total. The first-order valence-electron chi connectivity index (χ1n) is 4.88. The number of anilines is 1. The summed E-state index contributed by atoms with van der Waals surface area (Å²) in [6.45, 7) is 0. The third-order valence-corrected chi connectivity index (χ3v) is 2.98. The van der Waals surface area contributed by atoms with Crippen molar-refractivity contribution in [3.8, 4) is 0 Å². The monoisotopic (exact) mass is 176 g/mol. The molecule has 0 aliphatic heterocycles. The summed E-state index contributed by atoms with van der Waals surface area (Å²) in [6.07, 6.45) is 3.91. The van der Waals surface area contributed by atoms with Gasteiger partial charge < -0.3 is 11.5 Å². The Hall–Kier alpha value is -1.02. The normalized spacial score (nSPS) is 19.5. The molecule has 1 atom stereocenters. The Morgan fingerprint density at radius 3 is 2.23 bits per heavy atom. The highest BCUT2D eigenvalue weighted by atomic mass is 14.7. The Morgan fingerprint density at radius 1 is 1.15 bits per heavy atom. The molecule has 13 heavy (non-hydrogen) atoms. The van der Waals surface area contributed by atoms with Crippen LogP contribution in [-0.2, 0) is 0 Å². The molecule has 1 aromatic carbocycles. The van der Waals surface area contributed by atoms with Crippen molar-refractivity contribution in [2.24, 2.45) is 11.7 Å². The molecule has 0 saturated heterocycles. The summed E-state index contributed by atoms with van der Waals surface area (Å²) in [6, 6.07) is 8.15. The van der Waals surface area contributed by atoms with Crippen molar-refractivity contribution in [2.45, 2.75) is 25.3 Å². The number of hydrogen-bond donors (Lipinski definition) is 2. The quantitative estimate of drug-likeness (QED) is 0.678. The van der Waals surface area contributed by atoms with Crippen LogP contribution >= 0.6 is 0 Å². The molecule has 0 aromatic heterocycles. The van der Waals surface area contributed by atoms with E-state index in [1.54, 1.807) is 0 Å². The van der Waals surface area contributed by atoms with Crippen LogP contribution in [0.15, 0.2) is 24.3 Å². The lowest BCUT2D eigenvalue weighted by Gasteiger charge is -2.31. The molecular weight excluding hydrogens is 160 g/mol. The third kappa shape index (κ3) is 1.68. The third-order valence-electron chi connectivity index (χ3n) is 2.98. The number of hydrogen-bond acceptors (Lipinski definition) is 2. The number of nitrogen functional groups attached to an aromatic ring is 1. The Balaban J connectivity index is 2.10. The Labute approximate surface area is 78.9 Å². The van der Waals surface area contributed by atoms with Crippen LogP contribution in [0.1, 0.15) is 30.9 Å². The maximum atomic E-state index is 6.11. The summed E-state index contributed by atoms with van der Waals surface area (Å²) in [5, 5.41) is 0. The molecule has 1 saturated carbocycles. The zero-order valence-corrected chi connectivity index (χ0v) is 7.74. The molecule has 1 aliphatic carbocycles. The van der Waals surface area contributed by atoms with Crippen LogP contribution in [0.4, 0.5) is 5.69 Å². The van der Waals surface area contributed by atoms with Crippen LogP contribution in [-0.4, -0.2) is 0 Å². The number of rotatable bonds is 2. The predicted octanol–water partition coefficient (Wildman–Crippen LogP) is 2.07. The molecule has 2 nitrogen and oxygen atoms in total. The van der Waals surface area contributed by atoms with E-state index in [1.807, 2.05) is 24.3 Å². The van der Waals surface area contributed by atoms with Crippen LogP contribution in [0, 0.1) is 5.92 Å². The lowest BCUT2D eigenvalue weighted by atomic mass is 9.77. The summed E-state index contributed by atoms with van der Waals surface area (Å²) in [7, 11) is 0. The Morgan fingerprint density at radius 2 is 1.77 bits per heavy atom. The highest BCUT2D eigenvalue weighted by Gasteiger charge is 2.25. The van der Waals surface area contributed by atoms with Crippen molar-refractivity contribution in [1.82, 2.24) is 0 Å². The van der Waals surface area contributed by atoms with E-state index in [1.165, 1.54) is 24.8 Å². The molecule has 0 bridgehead atoms. The second-order valence-electron chi connectivity index (χ2n) is 3.88. The zero-order valence-electron chi connectivity index (χ0n) is 7.74. The maximum Gasteiger partial charge on any atom is 0.0323 e. The fourth-order valence-corrected chi connectivity index (χ4v) is 1.79. The highest BCUT2D eigenvalue weighted by molar-refractivity contribution is 5.40. The van der Waals surface area contributed by atoms with E-state index < -0.39 is 0 Å². The van der Waals surface area contributed by atoms with E-state index in [0.29, 0.717) is 5.92 Å². The summed E-state index contributed by atoms with van der Waals surface area (Å²) in [5.74, 6) is 0.698. The lowest BCUT2D eigenvalue weighted by Crippen LogP contribution is -2.26. The predicted molar refractivity (Wildman–Crippen MR) is 55.1 cm³/mol. The first-order chi connectivity index (χ1) is 6.27. The maximum absolute atomic E-state index is 6.11. The average molecular weight is 176 g/mol. The van der Waals surface area contributed by atoms with Crippen molar-refractivity contribution in [2.75, 3.05) is 5.73 Å². The topological polar surface area (TPSA) is 52.0 Å². The zero-order chi connectivity index (χ0) is 9.26. The molecule has 1 aliphatic rings.